The molecule has 0 saturated heterocycles. The fraction of sp³-hybridized carbons (Fsp3) is 0.357. The first-order chi connectivity index (χ1) is 9.90. The highest BCUT2D eigenvalue weighted by Crippen LogP contribution is 2.34. The van der Waals surface area contributed by atoms with Crippen LogP contribution in [0.1, 0.15) is 17.4 Å². The Morgan fingerprint density at radius 2 is 2.10 bits per heavy atom. The van der Waals surface area contributed by atoms with Crippen molar-refractivity contribution < 1.29 is 5.11 Å². The van der Waals surface area contributed by atoms with E-state index in [0.29, 0.717) is 17.3 Å². The molecule has 0 aliphatic heterocycles. The summed E-state index contributed by atoms with van der Waals surface area (Å²) in [5.74, 6) is 0. The standard InChI is InChI=1S/C14H16Br2ClN3O/c1-19(2)5-6-20-13(12(17)8-18-20)14(21)10-7-9(15)3-4-11(10)16/h3-4,7-8,14,21H,5-6H2,1-2H3. The molecule has 0 aliphatic carbocycles. The number of aromatic nitrogens is 2. The van der Waals surface area contributed by atoms with E-state index in [0.717, 1.165) is 21.1 Å². The highest BCUT2D eigenvalue weighted by Gasteiger charge is 2.22. The molecule has 4 nitrogen and oxygen atoms in total. The third kappa shape index (κ3) is 4.07. The zero-order valence-corrected chi connectivity index (χ0v) is 15.7. The van der Waals surface area contributed by atoms with Crippen molar-refractivity contribution >= 4 is 43.5 Å². The maximum atomic E-state index is 10.7. The summed E-state index contributed by atoms with van der Waals surface area (Å²) in [6.07, 6.45) is 0.732. The number of benzene rings is 1. The van der Waals surface area contributed by atoms with Gasteiger partial charge in [-0.25, -0.2) is 0 Å². The van der Waals surface area contributed by atoms with Gasteiger partial charge in [0.25, 0.3) is 0 Å². The van der Waals surface area contributed by atoms with Crippen molar-refractivity contribution in [2.45, 2.75) is 12.6 Å². The molecule has 0 radical (unpaired) electrons. The fourth-order valence-corrected chi connectivity index (χ4v) is 3.07. The van der Waals surface area contributed by atoms with E-state index in [9.17, 15) is 5.11 Å². The number of rotatable bonds is 5. The summed E-state index contributed by atoms with van der Waals surface area (Å²) in [7, 11) is 3.98. The summed E-state index contributed by atoms with van der Waals surface area (Å²) >= 11 is 13.1. The second-order valence-electron chi connectivity index (χ2n) is 4.97. The average Bonchev–Trinajstić information content (AvgIpc) is 2.79. The lowest BCUT2D eigenvalue weighted by Gasteiger charge is -2.17. The number of nitrogens with zero attached hydrogens (tertiary/aromatic N) is 3. The van der Waals surface area contributed by atoms with Crippen molar-refractivity contribution in [1.29, 1.82) is 0 Å². The first-order valence-electron chi connectivity index (χ1n) is 6.39. The Hall–Kier alpha value is -0.400. The van der Waals surface area contributed by atoms with E-state index in [1.54, 1.807) is 10.9 Å². The van der Waals surface area contributed by atoms with E-state index < -0.39 is 6.10 Å². The molecule has 21 heavy (non-hydrogen) atoms. The average molecular weight is 438 g/mol. The predicted molar refractivity (Wildman–Crippen MR) is 91.7 cm³/mol. The SMILES string of the molecule is CN(C)CCn1ncc(Cl)c1C(O)c1cc(Br)ccc1Br. The van der Waals surface area contributed by atoms with Crippen LogP contribution in [0, 0.1) is 0 Å². The second-order valence-corrected chi connectivity index (χ2v) is 7.15. The molecule has 1 unspecified atom stereocenters. The third-order valence-corrected chi connectivity index (χ3v) is 4.61. The van der Waals surface area contributed by atoms with E-state index >= 15 is 0 Å². The van der Waals surface area contributed by atoms with Gasteiger partial charge in [0.15, 0.2) is 0 Å². The minimum atomic E-state index is -0.839. The molecule has 1 atom stereocenters. The van der Waals surface area contributed by atoms with Gasteiger partial charge in [-0.3, -0.25) is 4.68 Å². The molecular formula is C14H16Br2ClN3O. The highest BCUT2D eigenvalue weighted by molar-refractivity contribution is 9.11. The molecule has 1 aromatic carbocycles. The van der Waals surface area contributed by atoms with Crippen LogP contribution in [0.15, 0.2) is 33.3 Å². The van der Waals surface area contributed by atoms with Crippen LogP contribution < -0.4 is 0 Å². The van der Waals surface area contributed by atoms with Gasteiger partial charge < -0.3 is 10.0 Å². The Kier molecular flexibility index (Phi) is 5.85. The monoisotopic (exact) mass is 435 g/mol. The van der Waals surface area contributed by atoms with E-state index in [4.69, 9.17) is 11.6 Å². The molecule has 0 bridgehead atoms. The van der Waals surface area contributed by atoms with Crippen molar-refractivity contribution in [3.8, 4) is 0 Å². The number of halogens is 3. The lowest BCUT2D eigenvalue weighted by atomic mass is 10.1. The summed E-state index contributed by atoms with van der Waals surface area (Å²) < 4.78 is 3.48. The minimum Gasteiger partial charge on any atom is -0.382 e. The number of aliphatic hydroxyl groups excluding tert-OH is 1. The second kappa shape index (κ2) is 7.24. The van der Waals surface area contributed by atoms with E-state index in [-0.39, 0.29) is 0 Å². The topological polar surface area (TPSA) is 41.3 Å². The van der Waals surface area contributed by atoms with E-state index in [2.05, 4.69) is 41.9 Å². The van der Waals surface area contributed by atoms with Crippen LogP contribution in [0.4, 0.5) is 0 Å². The molecule has 7 heteroatoms. The van der Waals surface area contributed by atoms with Crippen molar-refractivity contribution in [1.82, 2.24) is 14.7 Å². The summed E-state index contributed by atoms with van der Waals surface area (Å²) in [6.45, 7) is 1.48. The van der Waals surface area contributed by atoms with Crippen LogP contribution in [0.3, 0.4) is 0 Å². The quantitative estimate of drug-likeness (QED) is 0.776. The maximum Gasteiger partial charge on any atom is 0.123 e. The molecule has 0 fully saturated rings. The van der Waals surface area contributed by atoms with Crippen molar-refractivity contribution in [3.63, 3.8) is 0 Å². The number of hydrogen-bond donors (Lipinski definition) is 1. The van der Waals surface area contributed by atoms with Gasteiger partial charge in [0.1, 0.15) is 6.10 Å². The lowest BCUT2D eigenvalue weighted by Crippen LogP contribution is -2.21. The highest BCUT2D eigenvalue weighted by atomic mass is 79.9. The van der Waals surface area contributed by atoms with Crippen LogP contribution in [0.25, 0.3) is 0 Å². The van der Waals surface area contributed by atoms with Crippen LogP contribution in [0.2, 0.25) is 5.02 Å². The zero-order chi connectivity index (χ0) is 15.6. The van der Waals surface area contributed by atoms with Crippen LogP contribution in [0.5, 0.6) is 0 Å². The Balaban J connectivity index is 2.36. The zero-order valence-electron chi connectivity index (χ0n) is 11.7. The van der Waals surface area contributed by atoms with Crippen LogP contribution in [-0.2, 0) is 6.54 Å². The normalized spacial score (nSPS) is 12.9. The summed E-state index contributed by atoms with van der Waals surface area (Å²) in [6, 6.07) is 5.66. The Labute approximate surface area is 146 Å². The molecule has 2 aromatic rings. The molecular weight excluding hydrogens is 421 g/mol. The van der Waals surface area contributed by atoms with Crippen molar-refractivity contribution in [3.05, 3.63) is 49.6 Å². The first-order valence-corrected chi connectivity index (χ1v) is 8.35. The molecule has 1 N–H and O–H groups in total. The number of aliphatic hydroxyl groups is 1. The number of hydrogen-bond acceptors (Lipinski definition) is 3. The van der Waals surface area contributed by atoms with Crippen molar-refractivity contribution in [2.75, 3.05) is 20.6 Å². The predicted octanol–water partition coefficient (Wildman–Crippen LogP) is 3.70. The van der Waals surface area contributed by atoms with Gasteiger partial charge in [-0.2, -0.15) is 5.10 Å². The van der Waals surface area contributed by atoms with Gasteiger partial charge in [-0.1, -0.05) is 43.5 Å². The minimum absolute atomic E-state index is 0.466. The summed E-state index contributed by atoms with van der Waals surface area (Å²) in [5, 5.41) is 15.4. The van der Waals surface area contributed by atoms with Crippen molar-refractivity contribution in [2.24, 2.45) is 0 Å². The Morgan fingerprint density at radius 3 is 2.76 bits per heavy atom. The van der Waals surface area contributed by atoms with Gasteiger partial charge in [-0.05, 0) is 32.3 Å². The van der Waals surface area contributed by atoms with Crippen LogP contribution >= 0.6 is 43.5 Å². The molecule has 2 rings (SSSR count). The maximum absolute atomic E-state index is 10.7. The third-order valence-electron chi connectivity index (χ3n) is 3.10. The lowest BCUT2D eigenvalue weighted by molar-refractivity contribution is 0.205. The molecule has 114 valence electrons. The first kappa shape index (κ1) is 17.0. The van der Waals surface area contributed by atoms with Gasteiger partial charge in [0.05, 0.1) is 23.5 Å². The number of likely N-dealkylation sites (N-methyl/N-ethyl adjacent to an activating group) is 1. The Bertz CT molecular complexity index is 631. The largest absolute Gasteiger partial charge is 0.382 e. The molecule has 1 heterocycles. The van der Waals surface area contributed by atoms with Gasteiger partial charge in [0.2, 0.25) is 0 Å². The molecule has 1 aromatic heterocycles. The van der Waals surface area contributed by atoms with Crippen LogP contribution in [-0.4, -0.2) is 40.4 Å². The summed E-state index contributed by atoms with van der Waals surface area (Å²) in [4.78, 5) is 2.06. The van der Waals surface area contributed by atoms with E-state index in [1.807, 2.05) is 32.3 Å². The fourth-order valence-electron chi connectivity index (χ4n) is 1.99. The Morgan fingerprint density at radius 1 is 1.38 bits per heavy atom. The molecule has 0 spiro atoms. The van der Waals surface area contributed by atoms with Gasteiger partial charge in [0, 0.05) is 21.1 Å². The molecule has 0 amide bonds. The molecule has 0 saturated carbocycles. The smallest absolute Gasteiger partial charge is 0.123 e. The summed E-state index contributed by atoms with van der Waals surface area (Å²) in [5.41, 5.74) is 1.36. The molecule has 0 aliphatic rings. The van der Waals surface area contributed by atoms with E-state index in [1.165, 1.54) is 0 Å². The van der Waals surface area contributed by atoms with Gasteiger partial charge >= 0.3 is 0 Å². The van der Waals surface area contributed by atoms with Gasteiger partial charge in [-0.15, -0.1) is 0 Å².